The van der Waals surface area contributed by atoms with E-state index in [1.807, 2.05) is 10.9 Å². The normalized spacial score (nSPS) is 12.3. The highest BCUT2D eigenvalue weighted by molar-refractivity contribution is 7.92. The predicted octanol–water partition coefficient (Wildman–Crippen LogP) is 2.60. The van der Waals surface area contributed by atoms with Crippen LogP contribution in [0.15, 0.2) is 53.9 Å². The van der Waals surface area contributed by atoms with Gasteiger partial charge < -0.3 is 4.74 Å². The maximum atomic E-state index is 12.0. The number of benzene rings is 2. The number of hydrazine groups is 1. The smallest absolute Gasteiger partial charge is 0.275 e. The molecule has 2 N–H and O–H groups in total. The van der Waals surface area contributed by atoms with Crippen molar-refractivity contribution in [2.45, 2.75) is 13.0 Å². The summed E-state index contributed by atoms with van der Waals surface area (Å²) in [6.07, 6.45) is 0.405. The van der Waals surface area contributed by atoms with Gasteiger partial charge in [-0.3, -0.25) is 10.2 Å². The molecular weight excluding hydrogens is 390 g/mol. The van der Waals surface area contributed by atoms with Gasteiger partial charge in [-0.1, -0.05) is 23.7 Å². The lowest BCUT2D eigenvalue weighted by atomic mass is 10.2. The first-order valence-electron chi connectivity index (χ1n) is 7.71. The number of nitrogens with zero attached hydrogens (tertiary/aromatic N) is 1. The molecule has 1 amide bonds. The van der Waals surface area contributed by atoms with Gasteiger partial charge in [0, 0.05) is 10.4 Å². The Kier molecular flexibility index (Phi) is 6.96. The van der Waals surface area contributed by atoms with E-state index in [1.54, 1.807) is 48.5 Å². The summed E-state index contributed by atoms with van der Waals surface area (Å²) in [6.45, 7) is 1.46. The van der Waals surface area contributed by atoms with E-state index in [1.165, 1.54) is 13.0 Å². The molecule has 2 aromatic carbocycles. The summed E-state index contributed by atoms with van der Waals surface area (Å²) in [5.74, 6) is -0.301. The topological polar surface area (TPSA) is 108 Å². The van der Waals surface area contributed by atoms with Crippen LogP contribution in [0.1, 0.15) is 18.1 Å². The first kappa shape index (κ1) is 20.5. The molecule has 0 aliphatic heterocycles. The summed E-state index contributed by atoms with van der Waals surface area (Å²) in [5.41, 5.74) is 3.18. The summed E-state index contributed by atoms with van der Waals surface area (Å²) in [4.78, 5) is 13.9. The van der Waals surface area contributed by atoms with Gasteiger partial charge in [0.25, 0.3) is 15.9 Å². The van der Waals surface area contributed by atoms with E-state index in [9.17, 15) is 13.2 Å². The zero-order chi connectivity index (χ0) is 19.9. The van der Waals surface area contributed by atoms with Crippen molar-refractivity contribution in [2.24, 2.45) is 0 Å². The van der Waals surface area contributed by atoms with Crippen LogP contribution in [0.25, 0.3) is 6.08 Å². The molecule has 0 aromatic heterocycles. The SMILES string of the molecule is C[C@@H](Oc1ccc(C#N)cc1)C(=O)NNS(=O)(=O)/C=C/c1ccc(Cl)cc1. The fourth-order valence-electron chi connectivity index (χ4n) is 1.86. The number of carbonyl (C=O) groups is 1. The lowest BCUT2D eigenvalue weighted by Gasteiger charge is -2.14. The maximum absolute atomic E-state index is 12.0. The van der Waals surface area contributed by atoms with Crippen molar-refractivity contribution < 1.29 is 17.9 Å². The van der Waals surface area contributed by atoms with Crippen LogP contribution in [0.5, 0.6) is 5.75 Å². The molecule has 0 bridgehead atoms. The second-order valence-corrected chi connectivity index (χ2v) is 7.39. The number of halogens is 1. The Hall–Kier alpha value is -2.86. The predicted molar refractivity (Wildman–Crippen MR) is 102 cm³/mol. The summed E-state index contributed by atoms with van der Waals surface area (Å²) in [7, 11) is -3.89. The van der Waals surface area contributed by atoms with Crippen molar-refractivity contribution in [3.05, 3.63) is 70.1 Å². The fraction of sp³-hybridized carbons (Fsp3) is 0.111. The van der Waals surface area contributed by atoms with Crippen LogP contribution in [0.2, 0.25) is 5.02 Å². The van der Waals surface area contributed by atoms with Crippen molar-refractivity contribution >= 4 is 33.6 Å². The van der Waals surface area contributed by atoms with Crippen molar-refractivity contribution in [1.82, 2.24) is 10.3 Å². The zero-order valence-corrected chi connectivity index (χ0v) is 15.8. The highest BCUT2D eigenvalue weighted by Gasteiger charge is 2.16. The number of hydrogen-bond donors (Lipinski definition) is 2. The van der Waals surface area contributed by atoms with Gasteiger partial charge in [-0.2, -0.15) is 5.26 Å². The fourth-order valence-corrected chi connectivity index (χ4v) is 2.64. The van der Waals surface area contributed by atoms with E-state index in [2.05, 4.69) is 5.43 Å². The minimum Gasteiger partial charge on any atom is -0.481 e. The van der Waals surface area contributed by atoms with Crippen LogP contribution in [0, 0.1) is 11.3 Å². The Morgan fingerprint density at radius 3 is 2.41 bits per heavy atom. The standard InChI is InChI=1S/C18H16ClN3O4S/c1-13(26-17-8-4-15(12-20)5-9-17)18(23)21-22-27(24,25)11-10-14-2-6-16(19)7-3-14/h2-11,13,22H,1H3,(H,21,23)/b11-10+/t13-/m1/s1. The Morgan fingerprint density at radius 2 is 1.81 bits per heavy atom. The monoisotopic (exact) mass is 405 g/mol. The molecule has 0 spiro atoms. The van der Waals surface area contributed by atoms with E-state index >= 15 is 0 Å². The number of hydrogen-bond acceptors (Lipinski definition) is 5. The van der Waals surface area contributed by atoms with E-state index in [4.69, 9.17) is 21.6 Å². The van der Waals surface area contributed by atoms with Gasteiger partial charge in [0.05, 0.1) is 11.6 Å². The molecule has 0 heterocycles. The summed E-state index contributed by atoms with van der Waals surface area (Å²) in [6, 6.07) is 14.7. The van der Waals surface area contributed by atoms with Gasteiger partial charge in [-0.05, 0) is 55.0 Å². The van der Waals surface area contributed by atoms with Crippen molar-refractivity contribution in [3.8, 4) is 11.8 Å². The van der Waals surface area contributed by atoms with Crippen molar-refractivity contribution in [3.63, 3.8) is 0 Å². The van der Waals surface area contributed by atoms with Crippen LogP contribution in [-0.4, -0.2) is 20.4 Å². The largest absolute Gasteiger partial charge is 0.481 e. The van der Waals surface area contributed by atoms with E-state index in [0.717, 1.165) is 5.41 Å². The second-order valence-electron chi connectivity index (χ2n) is 5.39. The maximum Gasteiger partial charge on any atom is 0.275 e. The number of nitrogens with one attached hydrogen (secondary N) is 2. The number of sulfonamides is 1. The summed E-state index contributed by atoms with van der Waals surface area (Å²) in [5, 5.41) is 10.2. The van der Waals surface area contributed by atoms with Gasteiger partial charge in [-0.15, -0.1) is 4.83 Å². The molecule has 2 rings (SSSR count). The number of ether oxygens (including phenoxy) is 1. The molecule has 0 aliphatic rings. The lowest BCUT2D eigenvalue weighted by Crippen LogP contribution is -2.46. The third-order valence-electron chi connectivity index (χ3n) is 3.29. The first-order chi connectivity index (χ1) is 12.8. The Morgan fingerprint density at radius 1 is 1.19 bits per heavy atom. The summed E-state index contributed by atoms with van der Waals surface area (Å²) < 4.78 is 29.2. The molecule has 9 heteroatoms. The highest BCUT2D eigenvalue weighted by atomic mass is 35.5. The highest BCUT2D eigenvalue weighted by Crippen LogP contribution is 2.13. The van der Waals surface area contributed by atoms with Crippen LogP contribution < -0.4 is 15.0 Å². The van der Waals surface area contributed by atoms with Gasteiger partial charge in [0.2, 0.25) is 0 Å². The average Bonchev–Trinajstić information content (AvgIpc) is 2.66. The van der Waals surface area contributed by atoms with Gasteiger partial charge in [0.1, 0.15) is 5.75 Å². The molecule has 0 fully saturated rings. The van der Waals surface area contributed by atoms with Crippen LogP contribution >= 0.6 is 11.6 Å². The van der Waals surface area contributed by atoms with Crippen LogP contribution in [0.4, 0.5) is 0 Å². The van der Waals surface area contributed by atoms with E-state index in [0.29, 0.717) is 21.9 Å². The first-order valence-corrected chi connectivity index (χ1v) is 9.63. The average molecular weight is 406 g/mol. The minimum absolute atomic E-state index is 0.377. The molecule has 0 unspecified atom stereocenters. The Balaban J connectivity index is 1.88. The van der Waals surface area contributed by atoms with E-state index in [-0.39, 0.29) is 0 Å². The molecular formula is C18H16ClN3O4S. The third kappa shape index (κ3) is 6.75. The lowest BCUT2D eigenvalue weighted by molar-refractivity contribution is -0.127. The van der Waals surface area contributed by atoms with E-state index < -0.39 is 22.0 Å². The molecule has 0 saturated carbocycles. The molecule has 1 atom stereocenters. The Labute approximate surface area is 162 Å². The third-order valence-corrected chi connectivity index (χ3v) is 4.42. The second kappa shape index (κ2) is 9.19. The molecule has 140 valence electrons. The molecule has 27 heavy (non-hydrogen) atoms. The molecule has 2 aromatic rings. The number of amides is 1. The van der Waals surface area contributed by atoms with Gasteiger partial charge >= 0.3 is 0 Å². The van der Waals surface area contributed by atoms with Crippen LogP contribution in [0.3, 0.4) is 0 Å². The number of carbonyl (C=O) groups excluding carboxylic acids is 1. The molecule has 0 aliphatic carbocycles. The summed E-state index contributed by atoms with van der Waals surface area (Å²) >= 11 is 5.76. The molecule has 0 saturated heterocycles. The zero-order valence-electron chi connectivity index (χ0n) is 14.2. The van der Waals surface area contributed by atoms with Gasteiger partial charge in [-0.25, -0.2) is 8.42 Å². The van der Waals surface area contributed by atoms with Crippen LogP contribution in [-0.2, 0) is 14.8 Å². The van der Waals surface area contributed by atoms with Crippen molar-refractivity contribution in [2.75, 3.05) is 0 Å². The quantitative estimate of drug-likeness (QED) is 0.688. The van der Waals surface area contributed by atoms with Gasteiger partial charge in [0.15, 0.2) is 6.10 Å². The molecule has 7 nitrogen and oxygen atoms in total. The minimum atomic E-state index is -3.89. The van der Waals surface area contributed by atoms with Crippen molar-refractivity contribution in [1.29, 1.82) is 5.26 Å². The Bertz CT molecular complexity index is 965. The molecule has 0 radical (unpaired) electrons. The number of nitriles is 1. The number of rotatable bonds is 7.